The van der Waals surface area contributed by atoms with Gasteiger partial charge in [-0.1, -0.05) is 0 Å². The van der Waals surface area contributed by atoms with Crippen molar-refractivity contribution in [2.75, 3.05) is 13.2 Å². The molecule has 186 valence electrons. The predicted molar refractivity (Wildman–Crippen MR) is 150 cm³/mol. The van der Waals surface area contributed by atoms with E-state index in [-0.39, 0.29) is 0 Å². The first kappa shape index (κ1) is 30.4. The van der Waals surface area contributed by atoms with E-state index in [0.29, 0.717) is 0 Å². The fourth-order valence-corrected chi connectivity index (χ4v) is 12.4. The van der Waals surface area contributed by atoms with Crippen molar-refractivity contribution in [3.63, 3.8) is 0 Å². The zero-order valence-corrected chi connectivity index (χ0v) is 28.6. The Hall–Kier alpha value is 0.417. The van der Waals surface area contributed by atoms with E-state index in [0.717, 1.165) is 13.2 Å². The maximum atomic E-state index is 6.47. The molecular weight excluding hydrogens is 606 g/mol. The zero-order chi connectivity index (χ0) is 24.0. The Morgan fingerprint density at radius 1 is 0.500 bits per heavy atom. The number of benzene rings is 1. The molecule has 1 aromatic rings. The van der Waals surface area contributed by atoms with Gasteiger partial charge in [0.15, 0.2) is 0 Å². The van der Waals surface area contributed by atoms with Crippen molar-refractivity contribution in [3.8, 4) is 11.5 Å². The minimum absolute atomic E-state index is 0.859. The molecule has 4 heteroatoms. The Labute approximate surface area is 209 Å². The van der Waals surface area contributed by atoms with E-state index < -0.39 is 36.8 Å². The van der Waals surface area contributed by atoms with Crippen molar-refractivity contribution in [2.45, 2.75) is 121 Å². The molecule has 0 aliphatic heterocycles. The quantitative estimate of drug-likeness (QED) is 0.117. The molecule has 0 N–H and O–H groups in total. The fraction of sp³-hybridized carbons (Fsp3) is 0.786. The zero-order valence-electron chi connectivity index (χ0n) is 22.9. The standard InChI is InChI=1S/C22H36O2.6CH3.2Sn/c1-3-5-7-9-11-13-19-23-21-15-17-22(18-16-21)24-20-14-12-10-8-6-4-2;;;;;;;;/h15,18H,3-14,19-20H2,1-2H3;6*1H3;;. The summed E-state index contributed by atoms with van der Waals surface area (Å²) in [6.45, 7) is 6.28. The van der Waals surface area contributed by atoms with Crippen molar-refractivity contribution in [1.82, 2.24) is 0 Å². The first-order valence-corrected chi connectivity index (χ1v) is 33.5. The summed E-state index contributed by atoms with van der Waals surface area (Å²) in [6, 6.07) is 4.84. The van der Waals surface area contributed by atoms with Gasteiger partial charge in [0.25, 0.3) is 0 Å². The van der Waals surface area contributed by atoms with Gasteiger partial charge in [-0.2, -0.15) is 0 Å². The van der Waals surface area contributed by atoms with E-state index in [9.17, 15) is 0 Å². The first-order valence-electron chi connectivity index (χ1n) is 13.6. The second-order valence-corrected chi connectivity index (χ2v) is 40.3. The fourth-order valence-electron chi connectivity index (χ4n) is 4.10. The van der Waals surface area contributed by atoms with E-state index in [1.165, 1.54) is 95.7 Å². The van der Waals surface area contributed by atoms with E-state index >= 15 is 0 Å². The number of hydrogen-bond acceptors (Lipinski definition) is 2. The molecule has 0 unspecified atom stereocenters. The average Bonchev–Trinajstić information content (AvgIpc) is 2.71. The van der Waals surface area contributed by atoms with Crippen LogP contribution >= 0.6 is 0 Å². The van der Waals surface area contributed by atoms with Crippen LogP contribution in [0.2, 0.25) is 29.6 Å². The van der Waals surface area contributed by atoms with Crippen molar-refractivity contribution in [2.24, 2.45) is 0 Å². The van der Waals surface area contributed by atoms with Crippen LogP contribution in [0.4, 0.5) is 0 Å². The molecule has 0 saturated carbocycles. The summed E-state index contributed by atoms with van der Waals surface area (Å²) < 4.78 is 15.9. The summed E-state index contributed by atoms with van der Waals surface area (Å²) in [5.41, 5.74) is 0. The molecular formula is C28H54O2Sn2. The minimum atomic E-state index is -2.33. The molecule has 0 atom stereocenters. The molecule has 1 aromatic carbocycles. The van der Waals surface area contributed by atoms with Crippen LogP contribution in [0.1, 0.15) is 90.9 Å². The van der Waals surface area contributed by atoms with Crippen LogP contribution in [0.15, 0.2) is 12.1 Å². The van der Waals surface area contributed by atoms with Crippen LogP contribution in [0.25, 0.3) is 0 Å². The number of unbranched alkanes of at least 4 members (excludes halogenated alkanes) is 10. The van der Waals surface area contributed by atoms with Crippen LogP contribution in [0, 0.1) is 0 Å². The molecule has 0 saturated heterocycles. The van der Waals surface area contributed by atoms with Crippen molar-refractivity contribution in [1.29, 1.82) is 0 Å². The summed E-state index contributed by atoms with van der Waals surface area (Å²) in [6.07, 6.45) is 15.7. The molecule has 0 bridgehead atoms. The molecule has 32 heavy (non-hydrogen) atoms. The Kier molecular flexibility index (Phi) is 15.4. The van der Waals surface area contributed by atoms with Gasteiger partial charge in [-0.25, -0.2) is 0 Å². The molecule has 0 fully saturated rings. The molecule has 0 aliphatic carbocycles. The molecule has 0 aromatic heterocycles. The topological polar surface area (TPSA) is 18.5 Å². The van der Waals surface area contributed by atoms with Crippen molar-refractivity contribution in [3.05, 3.63) is 12.1 Å². The second kappa shape index (κ2) is 16.2. The molecule has 0 amide bonds. The van der Waals surface area contributed by atoms with Gasteiger partial charge in [0.1, 0.15) is 0 Å². The monoisotopic (exact) mass is 662 g/mol. The van der Waals surface area contributed by atoms with Gasteiger partial charge in [-0.05, 0) is 0 Å². The third kappa shape index (κ3) is 12.2. The van der Waals surface area contributed by atoms with Crippen LogP contribution in [-0.2, 0) is 0 Å². The maximum absolute atomic E-state index is 6.47. The summed E-state index contributed by atoms with van der Waals surface area (Å²) >= 11 is -4.67. The van der Waals surface area contributed by atoms with E-state index in [4.69, 9.17) is 9.47 Å². The molecule has 0 radical (unpaired) electrons. The Bertz CT molecular complexity index is 574. The van der Waals surface area contributed by atoms with Gasteiger partial charge < -0.3 is 0 Å². The summed E-state index contributed by atoms with van der Waals surface area (Å²) in [7, 11) is 0. The van der Waals surface area contributed by atoms with Gasteiger partial charge in [-0.15, -0.1) is 0 Å². The van der Waals surface area contributed by atoms with Gasteiger partial charge in [-0.3, -0.25) is 0 Å². The third-order valence-corrected chi connectivity index (χ3v) is 17.7. The summed E-state index contributed by atoms with van der Waals surface area (Å²) in [5.74, 6) is 2.38. The van der Waals surface area contributed by atoms with Crippen molar-refractivity contribution >= 4 is 43.9 Å². The second-order valence-electron chi connectivity index (χ2n) is 11.6. The average molecular weight is 660 g/mol. The van der Waals surface area contributed by atoms with Gasteiger partial charge in [0.2, 0.25) is 0 Å². The molecule has 0 aliphatic rings. The van der Waals surface area contributed by atoms with E-state index in [1.54, 1.807) is 0 Å². The first-order chi connectivity index (χ1) is 15.1. The van der Waals surface area contributed by atoms with Crippen LogP contribution in [0.3, 0.4) is 0 Å². The van der Waals surface area contributed by atoms with Crippen LogP contribution < -0.4 is 16.6 Å². The number of rotatable bonds is 18. The molecule has 2 nitrogen and oxygen atoms in total. The van der Waals surface area contributed by atoms with Gasteiger partial charge in [0.05, 0.1) is 0 Å². The summed E-state index contributed by atoms with van der Waals surface area (Å²) in [5, 5.41) is 0. The van der Waals surface area contributed by atoms with Gasteiger partial charge in [0, 0.05) is 0 Å². The van der Waals surface area contributed by atoms with Crippen LogP contribution in [-0.4, -0.2) is 50.0 Å². The Morgan fingerprint density at radius 3 is 1.12 bits per heavy atom. The molecule has 0 heterocycles. The van der Waals surface area contributed by atoms with E-state index in [1.807, 2.05) is 0 Å². The number of hydrogen-bond donors (Lipinski definition) is 0. The normalized spacial score (nSPS) is 12.2. The molecule has 0 spiro atoms. The predicted octanol–water partition coefficient (Wildman–Crippen LogP) is 8.26. The van der Waals surface area contributed by atoms with E-state index in [2.05, 4.69) is 55.6 Å². The SMILES string of the molecule is CCCCCCCCOc1c[c]([Sn]([CH3])([CH3])[CH3])c(OCCCCCCCC)c[c]1[Sn]([CH3])([CH3])[CH3]. The van der Waals surface area contributed by atoms with Crippen LogP contribution in [0.5, 0.6) is 11.5 Å². The Balaban J connectivity index is 2.86. The third-order valence-electron chi connectivity index (χ3n) is 6.21. The molecule has 1 rings (SSSR count). The number of ether oxygens (including phenoxy) is 2. The Morgan fingerprint density at radius 2 is 0.812 bits per heavy atom. The summed E-state index contributed by atoms with van der Waals surface area (Å²) in [4.78, 5) is 15.0. The van der Waals surface area contributed by atoms with Crippen molar-refractivity contribution < 1.29 is 9.47 Å². The van der Waals surface area contributed by atoms with Gasteiger partial charge >= 0.3 is 211 Å².